The highest BCUT2D eigenvalue weighted by molar-refractivity contribution is 7.09. The summed E-state index contributed by atoms with van der Waals surface area (Å²) in [7, 11) is 0. The lowest BCUT2D eigenvalue weighted by Crippen LogP contribution is -2.48. The number of hydrogen-bond acceptors (Lipinski definition) is 5. The lowest BCUT2D eigenvalue weighted by atomic mass is 10.2. The Morgan fingerprint density at radius 2 is 2.13 bits per heavy atom. The maximum atomic E-state index is 12.1. The number of carbonyl (C=O) groups excluding carboxylic acids is 2. The van der Waals surface area contributed by atoms with Gasteiger partial charge in [0, 0.05) is 37.5 Å². The largest absolute Gasteiger partial charge is 0.372 e. The molecular formula is C16H23N3O3S. The predicted molar refractivity (Wildman–Crippen MR) is 90.1 cm³/mol. The Balaban J connectivity index is 1.70. The molecule has 1 aromatic rings. The Kier molecular flexibility index (Phi) is 6.29. The van der Waals surface area contributed by atoms with Crippen LogP contribution in [0, 0.1) is 6.92 Å². The molecule has 0 aliphatic carbocycles. The molecule has 6 nitrogen and oxygen atoms in total. The number of rotatable bonds is 5. The third-order valence-corrected chi connectivity index (χ3v) is 4.24. The summed E-state index contributed by atoms with van der Waals surface area (Å²) in [5.74, 6) is -0.168. The zero-order chi connectivity index (χ0) is 16.8. The van der Waals surface area contributed by atoms with Crippen molar-refractivity contribution < 1.29 is 14.3 Å². The zero-order valence-corrected chi connectivity index (χ0v) is 14.6. The van der Waals surface area contributed by atoms with Gasteiger partial charge in [-0.05, 0) is 26.8 Å². The lowest BCUT2D eigenvalue weighted by Gasteiger charge is -2.35. The molecule has 2 atom stereocenters. The van der Waals surface area contributed by atoms with E-state index < -0.39 is 0 Å². The van der Waals surface area contributed by atoms with Gasteiger partial charge in [0.05, 0.1) is 22.9 Å². The van der Waals surface area contributed by atoms with Crippen molar-refractivity contribution in [2.24, 2.45) is 0 Å². The van der Waals surface area contributed by atoms with E-state index in [1.165, 1.54) is 17.4 Å². The van der Waals surface area contributed by atoms with Crippen molar-refractivity contribution in [2.45, 2.75) is 39.4 Å². The minimum Gasteiger partial charge on any atom is -0.372 e. The molecule has 7 heteroatoms. The van der Waals surface area contributed by atoms with Gasteiger partial charge >= 0.3 is 0 Å². The molecule has 1 N–H and O–H groups in total. The SMILES string of the molecule is Cc1nc(C=CC(=O)NCCC(=O)N2CC(C)OC(C)C2)cs1. The molecule has 0 aromatic carbocycles. The monoisotopic (exact) mass is 337 g/mol. The summed E-state index contributed by atoms with van der Waals surface area (Å²) in [6.07, 6.45) is 3.53. The highest BCUT2D eigenvalue weighted by Crippen LogP contribution is 2.11. The van der Waals surface area contributed by atoms with Crippen molar-refractivity contribution in [3.63, 3.8) is 0 Å². The number of ether oxygens (including phenoxy) is 1. The van der Waals surface area contributed by atoms with E-state index in [1.54, 1.807) is 11.0 Å². The summed E-state index contributed by atoms with van der Waals surface area (Å²) in [6.45, 7) is 7.39. The molecule has 2 rings (SSSR count). The number of carbonyl (C=O) groups is 2. The van der Waals surface area contributed by atoms with Gasteiger partial charge in [-0.15, -0.1) is 11.3 Å². The fourth-order valence-corrected chi connectivity index (χ4v) is 3.09. The van der Waals surface area contributed by atoms with E-state index in [1.807, 2.05) is 26.2 Å². The number of aromatic nitrogens is 1. The average Bonchev–Trinajstić information content (AvgIpc) is 2.89. The molecule has 23 heavy (non-hydrogen) atoms. The predicted octanol–water partition coefficient (Wildman–Crippen LogP) is 1.61. The van der Waals surface area contributed by atoms with Crippen molar-refractivity contribution in [3.05, 3.63) is 22.2 Å². The average molecular weight is 337 g/mol. The van der Waals surface area contributed by atoms with E-state index in [0.29, 0.717) is 26.1 Å². The molecule has 1 aliphatic heterocycles. The van der Waals surface area contributed by atoms with Crippen LogP contribution in [0.2, 0.25) is 0 Å². The van der Waals surface area contributed by atoms with Crippen LogP contribution >= 0.6 is 11.3 Å². The first-order valence-electron chi connectivity index (χ1n) is 7.75. The highest BCUT2D eigenvalue weighted by Gasteiger charge is 2.25. The van der Waals surface area contributed by atoms with Gasteiger partial charge in [0.1, 0.15) is 0 Å². The van der Waals surface area contributed by atoms with Crippen LogP contribution in [0.3, 0.4) is 0 Å². The molecule has 0 spiro atoms. The Hall–Kier alpha value is -1.73. The summed E-state index contributed by atoms with van der Waals surface area (Å²) in [5.41, 5.74) is 0.773. The van der Waals surface area contributed by atoms with Crippen molar-refractivity contribution in [2.75, 3.05) is 19.6 Å². The van der Waals surface area contributed by atoms with Crippen molar-refractivity contribution in [1.29, 1.82) is 0 Å². The fourth-order valence-electron chi connectivity index (χ4n) is 2.51. The fraction of sp³-hybridized carbons (Fsp3) is 0.562. The van der Waals surface area contributed by atoms with Gasteiger partial charge in [-0.3, -0.25) is 9.59 Å². The number of nitrogens with zero attached hydrogens (tertiary/aromatic N) is 2. The van der Waals surface area contributed by atoms with Crippen LogP contribution in [-0.4, -0.2) is 53.5 Å². The molecule has 126 valence electrons. The third kappa shape index (κ3) is 5.76. The van der Waals surface area contributed by atoms with E-state index in [2.05, 4.69) is 10.3 Å². The van der Waals surface area contributed by atoms with E-state index in [0.717, 1.165) is 10.7 Å². The number of thiazole rings is 1. The Bertz CT molecular complexity index is 575. The van der Waals surface area contributed by atoms with Gasteiger partial charge in [-0.2, -0.15) is 0 Å². The quantitative estimate of drug-likeness (QED) is 0.829. The minimum absolute atomic E-state index is 0.0476. The molecule has 1 aromatic heterocycles. The number of aryl methyl sites for hydroxylation is 1. The van der Waals surface area contributed by atoms with E-state index in [9.17, 15) is 9.59 Å². The first-order valence-corrected chi connectivity index (χ1v) is 8.63. The minimum atomic E-state index is -0.216. The van der Waals surface area contributed by atoms with Crippen LogP contribution < -0.4 is 5.32 Å². The van der Waals surface area contributed by atoms with Crippen molar-refractivity contribution >= 4 is 29.2 Å². The summed E-state index contributed by atoms with van der Waals surface area (Å²) in [4.78, 5) is 29.9. The standard InChI is InChI=1S/C16H23N3O3S/c1-11-8-19(9-12(2)22-11)16(21)6-7-17-15(20)5-4-14-10-23-13(3)18-14/h4-5,10-12H,6-9H2,1-3H3,(H,17,20). The Labute approximate surface area is 140 Å². The van der Waals surface area contributed by atoms with Crippen LogP contribution in [0.25, 0.3) is 6.08 Å². The second kappa shape index (κ2) is 8.21. The molecule has 1 saturated heterocycles. The third-order valence-electron chi connectivity index (χ3n) is 3.45. The normalized spacial score (nSPS) is 21.6. The van der Waals surface area contributed by atoms with Gasteiger partial charge < -0.3 is 15.0 Å². The van der Waals surface area contributed by atoms with Crippen LogP contribution in [0.4, 0.5) is 0 Å². The summed E-state index contributed by atoms with van der Waals surface area (Å²) < 4.78 is 5.61. The van der Waals surface area contributed by atoms with Crippen LogP contribution in [0.1, 0.15) is 31.0 Å². The van der Waals surface area contributed by atoms with Gasteiger partial charge in [0.2, 0.25) is 11.8 Å². The maximum absolute atomic E-state index is 12.1. The highest BCUT2D eigenvalue weighted by atomic mass is 32.1. The number of morpholine rings is 1. The van der Waals surface area contributed by atoms with E-state index in [4.69, 9.17) is 4.74 Å². The molecule has 0 radical (unpaired) electrons. The zero-order valence-electron chi connectivity index (χ0n) is 13.7. The second-order valence-corrected chi connectivity index (χ2v) is 6.78. The first kappa shape index (κ1) is 17.6. The molecule has 2 amide bonds. The van der Waals surface area contributed by atoms with Crippen LogP contribution in [0.5, 0.6) is 0 Å². The van der Waals surface area contributed by atoms with Gasteiger partial charge in [0.15, 0.2) is 0 Å². The van der Waals surface area contributed by atoms with Gasteiger partial charge in [0.25, 0.3) is 0 Å². The van der Waals surface area contributed by atoms with Crippen LogP contribution in [-0.2, 0) is 14.3 Å². The maximum Gasteiger partial charge on any atom is 0.244 e. The first-order chi connectivity index (χ1) is 10.9. The molecule has 2 unspecified atom stereocenters. The van der Waals surface area contributed by atoms with Gasteiger partial charge in [-0.25, -0.2) is 4.98 Å². The van der Waals surface area contributed by atoms with E-state index >= 15 is 0 Å². The van der Waals surface area contributed by atoms with Crippen molar-refractivity contribution in [3.8, 4) is 0 Å². The Morgan fingerprint density at radius 1 is 1.43 bits per heavy atom. The lowest BCUT2D eigenvalue weighted by molar-refractivity contribution is -0.143. The summed E-state index contributed by atoms with van der Waals surface area (Å²) in [5, 5.41) is 5.58. The molecular weight excluding hydrogens is 314 g/mol. The number of hydrogen-bond donors (Lipinski definition) is 1. The topological polar surface area (TPSA) is 71.5 Å². The molecule has 0 saturated carbocycles. The smallest absolute Gasteiger partial charge is 0.244 e. The molecule has 2 heterocycles. The number of nitrogens with one attached hydrogen (secondary N) is 1. The second-order valence-electron chi connectivity index (χ2n) is 5.72. The molecule has 1 aliphatic rings. The number of amides is 2. The summed E-state index contributed by atoms with van der Waals surface area (Å²) in [6, 6.07) is 0. The van der Waals surface area contributed by atoms with Crippen LogP contribution in [0.15, 0.2) is 11.5 Å². The molecule has 0 bridgehead atoms. The summed E-state index contributed by atoms with van der Waals surface area (Å²) >= 11 is 1.54. The van der Waals surface area contributed by atoms with Gasteiger partial charge in [-0.1, -0.05) is 0 Å². The van der Waals surface area contributed by atoms with E-state index in [-0.39, 0.29) is 24.0 Å². The molecule has 1 fully saturated rings. The Morgan fingerprint density at radius 3 is 2.74 bits per heavy atom. The van der Waals surface area contributed by atoms with Crippen molar-refractivity contribution in [1.82, 2.24) is 15.2 Å².